The summed E-state index contributed by atoms with van der Waals surface area (Å²) < 4.78 is 0. The molecule has 0 amide bonds. The number of hydrogen-bond acceptors (Lipinski definition) is 2. The summed E-state index contributed by atoms with van der Waals surface area (Å²) in [5.74, 6) is 0. The number of aliphatic hydroxyl groups excluding tert-OH is 1. The minimum Gasteiger partial charge on any atom is -0.395 e. The van der Waals surface area contributed by atoms with Crippen molar-refractivity contribution in [3.05, 3.63) is 0 Å². The van der Waals surface area contributed by atoms with Crippen LogP contribution in [-0.4, -0.2) is 35.7 Å². The first-order valence-corrected chi connectivity index (χ1v) is 3.73. The highest BCUT2D eigenvalue weighted by Gasteiger charge is 2.21. The molecule has 1 unspecified atom stereocenters. The third-order valence-corrected chi connectivity index (χ3v) is 2.12. The molecule has 0 aromatic carbocycles. The SMILES string of the molecule is CCN1CCCC1CO. The molecule has 1 aliphatic rings. The van der Waals surface area contributed by atoms with E-state index in [-0.39, 0.29) is 0 Å². The lowest BCUT2D eigenvalue weighted by Crippen LogP contribution is -2.31. The number of likely N-dealkylation sites (tertiary alicyclic amines) is 1. The van der Waals surface area contributed by atoms with Gasteiger partial charge in [-0.05, 0) is 25.9 Å². The lowest BCUT2D eigenvalue weighted by Gasteiger charge is -2.19. The predicted molar refractivity (Wildman–Crippen MR) is 37.4 cm³/mol. The minimum absolute atomic E-state index is 0.341. The van der Waals surface area contributed by atoms with E-state index < -0.39 is 0 Å². The van der Waals surface area contributed by atoms with Crippen molar-refractivity contribution < 1.29 is 5.11 Å². The van der Waals surface area contributed by atoms with Gasteiger partial charge in [-0.2, -0.15) is 0 Å². The quantitative estimate of drug-likeness (QED) is 0.585. The van der Waals surface area contributed by atoms with Gasteiger partial charge in [0.1, 0.15) is 0 Å². The van der Waals surface area contributed by atoms with E-state index in [1.54, 1.807) is 0 Å². The topological polar surface area (TPSA) is 23.5 Å². The van der Waals surface area contributed by atoms with Gasteiger partial charge < -0.3 is 5.11 Å². The Morgan fingerprint density at radius 2 is 2.44 bits per heavy atom. The molecular weight excluding hydrogens is 114 g/mol. The standard InChI is InChI=1S/C7H15NO/c1-2-8-5-3-4-7(8)6-9/h7,9H,2-6H2,1H3. The molecule has 2 nitrogen and oxygen atoms in total. The van der Waals surface area contributed by atoms with Crippen LogP contribution in [0.5, 0.6) is 0 Å². The fraction of sp³-hybridized carbons (Fsp3) is 1.00. The summed E-state index contributed by atoms with van der Waals surface area (Å²) in [6.45, 7) is 4.76. The Morgan fingerprint density at radius 3 is 2.89 bits per heavy atom. The second-order valence-corrected chi connectivity index (χ2v) is 2.61. The Balaban J connectivity index is 2.32. The summed E-state index contributed by atoms with van der Waals surface area (Å²) in [6, 6.07) is 0.468. The Morgan fingerprint density at radius 1 is 1.67 bits per heavy atom. The maximum Gasteiger partial charge on any atom is 0.0586 e. The summed E-state index contributed by atoms with van der Waals surface area (Å²) in [4.78, 5) is 2.33. The van der Waals surface area contributed by atoms with Crippen molar-refractivity contribution in [2.75, 3.05) is 19.7 Å². The van der Waals surface area contributed by atoms with E-state index in [2.05, 4.69) is 11.8 Å². The highest BCUT2D eigenvalue weighted by molar-refractivity contribution is 4.76. The predicted octanol–water partition coefficient (Wildman–Crippen LogP) is 0.463. The van der Waals surface area contributed by atoms with Gasteiger partial charge in [-0.3, -0.25) is 4.90 Å². The largest absolute Gasteiger partial charge is 0.395 e. The van der Waals surface area contributed by atoms with Gasteiger partial charge in [0, 0.05) is 6.04 Å². The number of likely N-dealkylation sites (N-methyl/N-ethyl adjacent to an activating group) is 1. The molecule has 1 saturated heterocycles. The molecule has 0 saturated carbocycles. The fourth-order valence-corrected chi connectivity index (χ4v) is 1.52. The highest BCUT2D eigenvalue weighted by atomic mass is 16.3. The summed E-state index contributed by atoms with van der Waals surface area (Å²) in [7, 11) is 0. The Bertz CT molecular complexity index is 75.0. The Hall–Kier alpha value is -0.0800. The monoisotopic (exact) mass is 129 g/mol. The fourth-order valence-electron chi connectivity index (χ4n) is 1.52. The van der Waals surface area contributed by atoms with Crippen LogP contribution >= 0.6 is 0 Å². The second kappa shape index (κ2) is 3.18. The van der Waals surface area contributed by atoms with E-state index in [9.17, 15) is 0 Å². The molecule has 1 N–H and O–H groups in total. The van der Waals surface area contributed by atoms with Gasteiger partial charge in [-0.25, -0.2) is 0 Å². The molecule has 0 aromatic heterocycles. The number of nitrogens with zero attached hydrogens (tertiary/aromatic N) is 1. The van der Waals surface area contributed by atoms with Crippen molar-refractivity contribution >= 4 is 0 Å². The van der Waals surface area contributed by atoms with Crippen LogP contribution in [0.3, 0.4) is 0 Å². The van der Waals surface area contributed by atoms with Gasteiger partial charge in [-0.15, -0.1) is 0 Å². The van der Waals surface area contributed by atoms with Crippen molar-refractivity contribution in [1.29, 1.82) is 0 Å². The third-order valence-electron chi connectivity index (χ3n) is 2.12. The van der Waals surface area contributed by atoms with Crippen LogP contribution in [0.15, 0.2) is 0 Å². The first kappa shape index (κ1) is 7.03. The third kappa shape index (κ3) is 1.43. The summed E-state index contributed by atoms with van der Waals surface area (Å²) in [5, 5.41) is 8.83. The molecule has 9 heavy (non-hydrogen) atoms. The van der Waals surface area contributed by atoms with Gasteiger partial charge in [0.2, 0.25) is 0 Å². The molecule has 1 atom stereocenters. The average Bonchev–Trinajstić information content (AvgIpc) is 2.33. The van der Waals surface area contributed by atoms with E-state index in [0.29, 0.717) is 12.6 Å². The van der Waals surface area contributed by atoms with E-state index in [0.717, 1.165) is 6.54 Å². The van der Waals surface area contributed by atoms with Crippen molar-refractivity contribution in [3.8, 4) is 0 Å². The first-order valence-electron chi connectivity index (χ1n) is 3.73. The van der Waals surface area contributed by atoms with Crippen LogP contribution in [0.4, 0.5) is 0 Å². The summed E-state index contributed by atoms with van der Waals surface area (Å²) >= 11 is 0. The van der Waals surface area contributed by atoms with Crippen molar-refractivity contribution in [2.45, 2.75) is 25.8 Å². The maximum absolute atomic E-state index is 8.83. The summed E-state index contributed by atoms with van der Waals surface area (Å²) in [5.41, 5.74) is 0. The molecule has 0 bridgehead atoms. The summed E-state index contributed by atoms with van der Waals surface area (Å²) in [6.07, 6.45) is 2.45. The number of aliphatic hydroxyl groups is 1. The smallest absolute Gasteiger partial charge is 0.0586 e. The zero-order valence-corrected chi connectivity index (χ0v) is 6.01. The van der Waals surface area contributed by atoms with E-state index in [1.165, 1.54) is 19.4 Å². The normalized spacial score (nSPS) is 29.3. The van der Waals surface area contributed by atoms with Gasteiger partial charge in [-0.1, -0.05) is 6.92 Å². The lowest BCUT2D eigenvalue weighted by molar-refractivity contribution is 0.164. The molecule has 2 heteroatoms. The van der Waals surface area contributed by atoms with Gasteiger partial charge in [0.25, 0.3) is 0 Å². The molecule has 0 spiro atoms. The zero-order chi connectivity index (χ0) is 6.69. The molecule has 0 aliphatic carbocycles. The van der Waals surface area contributed by atoms with Crippen molar-refractivity contribution in [3.63, 3.8) is 0 Å². The van der Waals surface area contributed by atoms with E-state index >= 15 is 0 Å². The molecule has 54 valence electrons. The van der Waals surface area contributed by atoms with Crippen LogP contribution in [0, 0.1) is 0 Å². The Kier molecular flexibility index (Phi) is 2.49. The minimum atomic E-state index is 0.341. The molecular formula is C7H15NO. The van der Waals surface area contributed by atoms with Gasteiger partial charge in [0.15, 0.2) is 0 Å². The maximum atomic E-state index is 8.83. The molecule has 1 heterocycles. The van der Waals surface area contributed by atoms with E-state index in [1.807, 2.05) is 0 Å². The van der Waals surface area contributed by atoms with Crippen LogP contribution in [-0.2, 0) is 0 Å². The highest BCUT2D eigenvalue weighted by Crippen LogP contribution is 2.14. The zero-order valence-electron chi connectivity index (χ0n) is 6.01. The lowest BCUT2D eigenvalue weighted by atomic mass is 10.2. The molecule has 1 rings (SSSR count). The van der Waals surface area contributed by atoms with Crippen LogP contribution < -0.4 is 0 Å². The van der Waals surface area contributed by atoms with E-state index in [4.69, 9.17) is 5.11 Å². The molecule has 0 aromatic rings. The van der Waals surface area contributed by atoms with Crippen LogP contribution in [0.25, 0.3) is 0 Å². The Labute approximate surface area is 56.5 Å². The second-order valence-electron chi connectivity index (χ2n) is 2.61. The average molecular weight is 129 g/mol. The van der Waals surface area contributed by atoms with Gasteiger partial charge >= 0.3 is 0 Å². The van der Waals surface area contributed by atoms with Crippen LogP contribution in [0.2, 0.25) is 0 Å². The molecule has 1 fully saturated rings. The van der Waals surface area contributed by atoms with Gasteiger partial charge in [0.05, 0.1) is 6.61 Å². The van der Waals surface area contributed by atoms with Crippen molar-refractivity contribution in [1.82, 2.24) is 4.90 Å². The first-order chi connectivity index (χ1) is 4.38. The van der Waals surface area contributed by atoms with Crippen molar-refractivity contribution in [2.24, 2.45) is 0 Å². The van der Waals surface area contributed by atoms with Crippen LogP contribution in [0.1, 0.15) is 19.8 Å². The number of hydrogen-bond donors (Lipinski definition) is 1. The number of rotatable bonds is 2. The molecule has 1 aliphatic heterocycles. The molecule has 0 radical (unpaired) electrons.